The van der Waals surface area contributed by atoms with E-state index in [1.807, 2.05) is 37.3 Å². The standard InChI is InChI=1S/C18H24N4OS/c1-4-12(2)22-16(14-8-6-5-7-9-14)20-21-18(22)24-13(3)17(23)19-15-10-11-15/h5-9,12-13,15H,4,10-11H2,1-3H3,(H,19,23)/t12-,13+/m1/s1. The second kappa shape index (κ2) is 7.38. The zero-order chi connectivity index (χ0) is 17.1. The predicted octanol–water partition coefficient (Wildman–Crippen LogP) is 3.68. The molecule has 0 unspecified atom stereocenters. The Morgan fingerprint density at radius 2 is 2.00 bits per heavy atom. The molecule has 1 fully saturated rings. The molecule has 0 spiro atoms. The van der Waals surface area contributed by atoms with Crippen LogP contribution in [-0.2, 0) is 4.79 Å². The molecule has 0 bridgehead atoms. The van der Waals surface area contributed by atoms with Crippen molar-refractivity contribution in [2.24, 2.45) is 0 Å². The zero-order valence-electron chi connectivity index (χ0n) is 14.4. The number of thioether (sulfide) groups is 1. The fourth-order valence-corrected chi connectivity index (χ4v) is 3.44. The van der Waals surface area contributed by atoms with E-state index in [0.717, 1.165) is 35.8 Å². The quantitative estimate of drug-likeness (QED) is 0.779. The molecule has 1 aromatic heterocycles. The predicted molar refractivity (Wildman–Crippen MR) is 96.9 cm³/mol. The number of hydrogen-bond donors (Lipinski definition) is 1. The number of nitrogens with zero attached hydrogens (tertiary/aromatic N) is 3. The minimum atomic E-state index is -0.179. The first-order valence-corrected chi connectivity index (χ1v) is 9.45. The number of carbonyl (C=O) groups is 1. The summed E-state index contributed by atoms with van der Waals surface area (Å²) in [6.45, 7) is 6.24. The molecule has 0 radical (unpaired) electrons. The van der Waals surface area contributed by atoms with Crippen LogP contribution in [0.25, 0.3) is 11.4 Å². The topological polar surface area (TPSA) is 59.8 Å². The summed E-state index contributed by atoms with van der Waals surface area (Å²) in [7, 11) is 0. The lowest BCUT2D eigenvalue weighted by atomic mass is 10.2. The molecule has 1 aliphatic rings. The number of rotatable bonds is 7. The molecule has 24 heavy (non-hydrogen) atoms. The summed E-state index contributed by atoms with van der Waals surface area (Å²) >= 11 is 1.48. The first-order valence-electron chi connectivity index (χ1n) is 8.57. The fourth-order valence-electron chi connectivity index (χ4n) is 2.48. The van der Waals surface area contributed by atoms with E-state index in [2.05, 4.69) is 33.9 Å². The van der Waals surface area contributed by atoms with Gasteiger partial charge in [0.2, 0.25) is 5.91 Å². The van der Waals surface area contributed by atoms with Crippen molar-refractivity contribution in [3.63, 3.8) is 0 Å². The molecule has 2 atom stereocenters. The molecular weight excluding hydrogens is 320 g/mol. The van der Waals surface area contributed by atoms with Gasteiger partial charge in [0.25, 0.3) is 0 Å². The SMILES string of the molecule is CC[C@@H](C)n1c(S[C@@H](C)C(=O)NC2CC2)nnc1-c1ccccc1. The third-order valence-corrected chi connectivity index (χ3v) is 5.36. The van der Waals surface area contributed by atoms with Crippen molar-refractivity contribution in [3.05, 3.63) is 30.3 Å². The summed E-state index contributed by atoms with van der Waals surface area (Å²) < 4.78 is 2.15. The van der Waals surface area contributed by atoms with Gasteiger partial charge in [-0.2, -0.15) is 0 Å². The Hall–Kier alpha value is -1.82. The molecule has 1 amide bonds. The van der Waals surface area contributed by atoms with E-state index >= 15 is 0 Å². The van der Waals surface area contributed by atoms with Crippen LogP contribution in [0.4, 0.5) is 0 Å². The molecule has 0 saturated heterocycles. The molecule has 5 nitrogen and oxygen atoms in total. The molecule has 1 N–H and O–H groups in total. The molecule has 1 aliphatic carbocycles. The molecule has 2 aromatic rings. The smallest absolute Gasteiger partial charge is 0.233 e. The Bertz CT molecular complexity index is 696. The van der Waals surface area contributed by atoms with Crippen molar-refractivity contribution >= 4 is 17.7 Å². The number of hydrogen-bond acceptors (Lipinski definition) is 4. The lowest BCUT2D eigenvalue weighted by molar-refractivity contribution is -0.120. The molecule has 6 heteroatoms. The van der Waals surface area contributed by atoms with Gasteiger partial charge in [0.1, 0.15) is 0 Å². The molecule has 1 saturated carbocycles. The molecule has 128 valence electrons. The van der Waals surface area contributed by atoms with E-state index in [0.29, 0.717) is 6.04 Å². The van der Waals surface area contributed by atoms with Crippen LogP contribution in [0.1, 0.15) is 46.1 Å². The van der Waals surface area contributed by atoms with Crippen molar-refractivity contribution in [1.82, 2.24) is 20.1 Å². The van der Waals surface area contributed by atoms with Crippen LogP contribution in [0.5, 0.6) is 0 Å². The molecular formula is C18H24N4OS. The molecule has 1 heterocycles. The van der Waals surface area contributed by atoms with Crippen LogP contribution in [0.15, 0.2) is 35.5 Å². The van der Waals surface area contributed by atoms with Crippen molar-refractivity contribution < 1.29 is 4.79 Å². The van der Waals surface area contributed by atoms with Crippen LogP contribution < -0.4 is 5.32 Å². The van der Waals surface area contributed by atoms with Gasteiger partial charge in [0.15, 0.2) is 11.0 Å². The average molecular weight is 344 g/mol. The van der Waals surface area contributed by atoms with Gasteiger partial charge in [-0.25, -0.2) is 0 Å². The van der Waals surface area contributed by atoms with Gasteiger partial charge in [-0.05, 0) is 33.1 Å². The van der Waals surface area contributed by atoms with Crippen LogP contribution in [0.3, 0.4) is 0 Å². The van der Waals surface area contributed by atoms with E-state index in [4.69, 9.17) is 0 Å². The van der Waals surface area contributed by atoms with Crippen molar-refractivity contribution in [2.45, 2.75) is 62.5 Å². The highest BCUT2D eigenvalue weighted by molar-refractivity contribution is 8.00. The minimum absolute atomic E-state index is 0.0856. The van der Waals surface area contributed by atoms with Crippen LogP contribution in [-0.4, -0.2) is 32.0 Å². The van der Waals surface area contributed by atoms with Gasteiger partial charge in [0, 0.05) is 17.6 Å². The van der Waals surface area contributed by atoms with Crippen molar-refractivity contribution in [1.29, 1.82) is 0 Å². The maximum absolute atomic E-state index is 12.2. The van der Waals surface area contributed by atoms with Gasteiger partial charge in [-0.1, -0.05) is 49.0 Å². The summed E-state index contributed by atoms with van der Waals surface area (Å²) in [6, 6.07) is 10.7. The maximum atomic E-state index is 12.2. The highest BCUT2D eigenvalue weighted by Crippen LogP contribution is 2.31. The Morgan fingerprint density at radius 1 is 1.29 bits per heavy atom. The lowest BCUT2D eigenvalue weighted by Gasteiger charge is -2.18. The maximum Gasteiger partial charge on any atom is 0.233 e. The summed E-state index contributed by atoms with van der Waals surface area (Å²) in [5.41, 5.74) is 1.05. The Kier molecular flexibility index (Phi) is 5.23. The monoisotopic (exact) mass is 344 g/mol. The van der Waals surface area contributed by atoms with Crippen LogP contribution in [0, 0.1) is 0 Å². The molecule has 3 rings (SSSR count). The van der Waals surface area contributed by atoms with Crippen LogP contribution >= 0.6 is 11.8 Å². The largest absolute Gasteiger partial charge is 0.352 e. The highest BCUT2D eigenvalue weighted by Gasteiger charge is 2.28. The third-order valence-electron chi connectivity index (χ3n) is 4.30. The third kappa shape index (κ3) is 3.80. The normalized spacial score (nSPS) is 16.6. The number of nitrogens with one attached hydrogen (secondary N) is 1. The van der Waals surface area contributed by atoms with Crippen LogP contribution in [0.2, 0.25) is 0 Å². The first kappa shape index (κ1) is 17.0. The zero-order valence-corrected chi connectivity index (χ0v) is 15.2. The van der Waals surface area contributed by atoms with E-state index in [9.17, 15) is 4.79 Å². The first-order chi connectivity index (χ1) is 11.6. The minimum Gasteiger partial charge on any atom is -0.352 e. The second-order valence-electron chi connectivity index (χ2n) is 6.34. The van der Waals surface area contributed by atoms with Gasteiger partial charge >= 0.3 is 0 Å². The number of benzene rings is 1. The lowest BCUT2D eigenvalue weighted by Crippen LogP contribution is -2.32. The molecule has 1 aromatic carbocycles. The Balaban J connectivity index is 1.84. The second-order valence-corrected chi connectivity index (χ2v) is 7.65. The highest BCUT2D eigenvalue weighted by atomic mass is 32.2. The van der Waals surface area contributed by atoms with E-state index in [-0.39, 0.29) is 17.2 Å². The number of carbonyl (C=O) groups excluding carboxylic acids is 1. The average Bonchev–Trinajstić information content (AvgIpc) is 3.32. The van der Waals surface area contributed by atoms with Gasteiger partial charge in [0.05, 0.1) is 5.25 Å². The van der Waals surface area contributed by atoms with Gasteiger partial charge in [-0.15, -0.1) is 10.2 Å². The van der Waals surface area contributed by atoms with Gasteiger partial charge in [-0.3, -0.25) is 9.36 Å². The summed E-state index contributed by atoms with van der Waals surface area (Å²) in [5, 5.41) is 12.5. The summed E-state index contributed by atoms with van der Waals surface area (Å²) in [6.07, 6.45) is 3.18. The Morgan fingerprint density at radius 3 is 2.62 bits per heavy atom. The molecule has 0 aliphatic heterocycles. The Labute approximate surface area is 147 Å². The van der Waals surface area contributed by atoms with E-state index < -0.39 is 0 Å². The van der Waals surface area contributed by atoms with E-state index in [1.165, 1.54) is 11.8 Å². The van der Waals surface area contributed by atoms with Gasteiger partial charge < -0.3 is 5.32 Å². The summed E-state index contributed by atoms with van der Waals surface area (Å²) in [5.74, 6) is 0.949. The van der Waals surface area contributed by atoms with Crippen molar-refractivity contribution in [3.8, 4) is 11.4 Å². The number of aromatic nitrogens is 3. The fraction of sp³-hybridized carbons (Fsp3) is 0.500. The summed E-state index contributed by atoms with van der Waals surface area (Å²) in [4.78, 5) is 12.2. The van der Waals surface area contributed by atoms with Crippen molar-refractivity contribution in [2.75, 3.05) is 0 Å². The van der Waals surface area contributed by atoms with E-state index in [1.54, 1.807) is 0 Å². The number of amides is 1.